The first kappa shape index (κ1) is 34.1. The van der Waals surface area contributed by atoms with Gasteiger partial charge in [-0.25, -0.2) is 0 Å². The van der Waals surface area contributed by atoms with Gasteiger partial charge in [0.2, 0.25) is 0 Å². The minimum Gasteiger partial charge on any atom is -0.497 e. The van der Waals surface area contributed by atoms with Gasteiger partial charge in [0.25, 0.3) is 5.92 Å². The van der Waals surface area contributed by atoms with Crippen LogP contribution >= 0.6 is 0 Å². The SMILES string of the molecule is C=CC(F)(F)C(N)/C(=C/CC)OCC.CC.CCF.CCOC(CN)=C(C)C. The normalized spacial score (nSPS) is 11.2. The van der Waals surface area contributed by atoms with E-state index in [2.05, 4.69) is 6.58 Å². The first-order chi connectivity index (χ1) is 13.1. The lowest BCUT2D eigenvalue weighted by Crippen LogP contribution is -2.41. The van der Waals surface area contributed by atoms with Crippen LogP contribution in [0.25, 0.3) is 0 Å². The van der Waals surface area contributed by atoms with Crippen LogP contribution in [0.2, 0.25) is 0 Å². The van der Waals surface area contributed by atoms with Gasteiger partial charge in [-0.3, -0.25) is 4.39 Å². The van der Waals surface area contributed by atoms with Crippen LogP contribution in [0.3, 0.4) is 0 Å². The van der Waals surface area contributed by atoms with Gasteiger partial charge in [0.05, 0.1) is 26.4 Å². The van der Waals surface area contributed by atoms with Crippen molar-refractivity contribution in [2.24, 2.45) is 11.5 Å². The summed E-state index contributed by atoms with van der Waals surface area (Å²) in [5, 5.41) is 0. The molecule has 0 radical (unpaired) electrons. The molecule has 1 unspecified atom stereocenters. The molecule has 0 aromatic rings. The number of alkyl halides is 3. The average molecular weight is 413 g/mol. The largest absolute Gasteiger partial charge is 0.497 e. The van der Waals surface area contributed by atoms with Gasteiger partial charge in [0.1, 0.15) is 17.6 Å². The maximum absolute atomic E-state index is 13.1. The molecule has 0 saturated carbocycles. The Morgan fingerprint density at radius 3 is 1.71 bits per heavy atom. The third kappa shape index (κ3) is 19.3. The van der Waals surface area contributed by atoms with Crippen molar-refractivity contribution in [3.63, 3.8) is 0 Å². The molecule has 0 aliphatic heterocycles. The molecule has 4 N–H and O–H groups in total. The average Bonchev–Trinajstić information content (AvgIpc) is 2.67. The van der Waals surface area contributed by atoms with Crippen molar-refractivity contribution in [2.75, 3.05) is 26.4 Å². The maximum Gasteiger partial charge on any atom is 0.288 e. The summed E-state index contributed by atoms with van der Waals surface area (Å²) in [6, 6.07) is -1.44. The maximum atomic E-state index is 13.1. The van der Waals surface area contributed by atoms with Crippen molar-refractivity contribution in [3.8, 4) is 0 Å². The second kappa shape index (κ2) is 23.6. The molecule has 0 aliphatic carbocycles. The molecule has 0 amide bonds. The number of nitrogens with two attached hydrogens (primary N) is 2. The Bertz CT molecular complexity index is 408. The second-order valence-corrected chi connectivity index (χ2v) is 5.13. The number of hydrogen-bond donors (Lipinski definition) is 2. The van der Waals surface area contributed by atoms with Gasteiger partial charge in [0, 0.05) is 0 Å². The third-order valence-corrected chi connectivity index (χ3v) is 2.77. The molecule has 0 rings (SSSR count). The van der Waals surface area contributed by atoms with Crippen LogP contribution in [0.4, 0.5) is 13.2 Å². The summed E-state index contributed by atoms with van der Waals surface area (Å²) in [6.07, 6.45) is 2.71. The van der Waals surface area contributed by atoms with Gasteiger partial charge in [-0.15, -0.1) is 0 Å². The number of allylic oxidation sites excluding steroid dienone is 2. The fourth-order valence-electron chi connectivity index (χ4n) is 1.54. The van der Waals surface area contributed by atoms with E-state index in [0.29, 0.717) is 32.3 Å². The van der Waals surface area contributed by atoms with Gasteiger partial charge in [-0.1, -0.05) is 27.4 Å². The lowest BCUT2D eigenvalue weighted by atomic mass is 10.1. The summed E-state index contributed by atoms with van der Waals surface area (Å²) in [5.74, 6) is -2.09. The predicted molar refractivity (Wildman–Crippen MR) is 115 cm³/mol. The molecule has 0 aromatic heterocycles. The van der Waals surface area contributed by atoms with Gasteiger partial charge < -0.3 is 20.9 Å². The van der Waals surface area contributed by atoms with Crippen molar-refractivity contribution in [1.29, 1.82) is 0 Å². The number of halogens is 3. The van der Waals surface area contributed by atoms with Gasteiger partial charge in [-0.05, 0) is 58.8 Å². The summed E-state index contributed by atoms with van der Waals surface area (Å²) in [4.78, 5) is 0. The molecule has 0 aliphatic rings. The van der Waals surface area contributed by atoms with Gasteiger partial charge >= 0.3 is 0 Å². The number of rotatable bonds is 9. The smallest absolute Gasteiger partial charge is 0.288 e. The molecule has 0 heterocycles. The number of ether oxygens (including phenoxy) is 2. The summed E-state index contributed by atoms with van der Waals surface area (Å²) < 4.78 is 46.7. The molecular formula is C21H43F3N2O2. The molecule has 4 nitrogen and oxygen atoms in total. The Hall–Kier alpha value is -1.47. The standard InChI is InChI=1S/C10H17F2NO.C7H15NO.C2H5F.C2H6/c1-4-7-8(14-6-3)9(13)10(11,12)5-2;1-4-9-7(5-8)6(2)3;1-2-3;1-2/h5,7,9H,2,4,6,13H2,1,3H3;4-5,8H2,1-3H3;2H2,1H3;1-2H3/b8-7-;;;. The van der Waals surface area contributed by atoms with E-state index in [0.717, 1.165) is 5.76 Å². The molecular weight excluding hydrogens is 369 g/mol. The summed E-state index contributed by atoms with van der Waals surface area (Å²) in [5.41, 5.74) is 11.9. The zero-order valence-electron chi connectivity index (χ0n) is 19.1. The van der Waals surface area contributed by atoms with Crippen molar-refractivity contribution in [2.45, 2.75) is 73.8 Å². The fourth-order valence-corrected chi connectivity index (χ4v) is 1.54. The minimum atomic E-state index is -3.13. The quantitative estimate of drug-likeness (QED) is 0.374. The number of hydrogen-bond acceptors (Lipinski definition) is 4. The minimum absolute atomic E-state index is 0.125. The van der Waals surface area contributed by atoms with Crippen molar-refractivity contribution in [1.82, 2.24) is 0 Å². The van der Waals surface area contributed by atoms with Crippen LogP contribution in [0.1, 0.15) is 61.8 Å². The van der Waals surface area contributed by atoms with E-state index in [1.807, 2.05) is 41.5 Å². The van der Waals surface area contributed by atoms with Gasteiger partial charge in [-0.2, -0.15) is 8.78 Å². The highest BCUT2D eigenvalue weighted by molar-refractivity contribution is 5.12. The van der Waals surface area contributed by atoms with Gasteiger partial charge in [0.15, 0.2) is 0 Å². The van der Waals surface area contributed by atoms with E-state index in [1.54, 1.807) is 13.0 Å². The molecule has 0 aromatic carbocycles. The van der Waals surface area contributed by atoms with E-state index in [4.69, 9.17) is 20.9 Å². The Balaban J connectivity index is -0.000000176. The summed E-state index contributed by atoms with van der Waals surface area (Å²) >= 11 is 0. The first-order valence-electron chi connectivity index (χ1n) is 9.78. The first-order valence-corrected chi connectivity index (χ1v) is 9.78. The van der Waals surface area contributed by atoms with Crippen molar-refractivity contribution >= 4 is 0 Å². The molecule has 7 heteroatoms. The Labute approximate surface area is 170 Å². The zero-order chi connectivity index (χ0) is 23.2. The lowest BCUT2D eigenvalue weighted by molar-refractivity contribution is 0.0172. The van der Waals surface area contributed by atoms with Crippen LogP contribution < -0.4 is 11.5 Å². The van der Waals surface area contributed by atoms with E-state index < -0.39 is 12.0 Å². The Kier molecular flexibility index (Phi) is 28.7. The van der Waals surface area contributed by atoms with Crippen LogP contribution in [0, 0.1) is 0 Å². The highest BCUT2D eigenvalue weighted by atomic mass is 19.3. The molecule has 0 saturated heterocycles. The summed E-state index contributed by atoms with van der Waals surface area (Å²) in [7, 11) is 0. The Morgan fingerprint density at radius 2 is 1.50 bits per heavy atom. The molecule has 1 atom stereocenters. The lowest BCUT2D eigenvalue weighted by Gasteiger charge is -2.22. The molecule has 0 spiro atoms. The molecule has 0 bridgehead atoms. The van der Waals surface area contributed by atoms with Crippen LogP contribution in [-0.4, -0.2) is 38.4 Å². The summed E-state index contributed by atoms with van der Waals surface area (Å²) in [6.45, 7) is 19.3. The van der Waals surface area contributed by atoms with E-state index in [9.17, 15) is 13.2 Å². The van der Waals surface area contributed by atoms with E-state index in [1.165, 1.54) is 12.5 Å². The highest BCUT2D eigenvalue weighted by Gasteiger charge is 2.36. The van der Waals surface area contributed by atoms with Crippen LogP contribution in [-0.2, 0) is 9.47 Å². The molecule has 28 heavy (non-hydrogen) atoms. The fraction of sp³-hybridized carbons (Fsp3) is 0.714. The topological polar surface area (TPSA) is 70.5 Å². The van der Waals surface area contributed by atoms with Crippen LogP contribution in [0.15, 0.2) is 35.8 Å². The molecule has 170 valence electrons. The predicted octanol–water partition coefficient (Wildman–Crippen LogP) is 5.74. The zero-order valence-corrected chi connectivity index (χ0v) is 19.1. The monoisotopic (exact) mass is 412 g/mol. The second-order valence-electron chi connectivity index (χ2n) is 5.13. The van der Waals surface area contributed by atoms with Crippen LogP contribution in [0.5, 0.6) is 0 Å². The van der Waals surface area contributed by atoms with E-state index in [-0.39, 0.29) is 12.4 Å². The third-order valence-electron chi connectivity index (χ3n) is 2.77. The van der Waals surface area contributed by atoms with E-state index >= 15 is 0 Å². The van der Waals surface area contributed by atoms with Crippen molar-refractivity contribution in [3.05, 3.63) is 35.8 Å². The highest BCUT2D eigenvalue weighted by Crippen LogP contribution is 2.24. The Morgan fingerprint density at radius 1 is 1.07 bits per heavy atom. The molecule has 0 fully saturated rings. The van der Waals surface area contributed by atoms with Crippen molar-refractivity contribution < 1.29 is 22.6 Å².